The van der Waals surface area contributed by atoms with Crippen LogP contribution in [0.3, 0.4) is 0 Å². The van der Waals surface area contributed by atoms with E-state index in [-0.39, 0.29) is 9.50 Å². The Hall–Kier alpha value is -0.980. The van der Waals surface area contributed by atoms with Crippen LogP contribution < -0.4 is 0 Å². The highest BCUT2D eigenvalue weighted by atomic mass is 127. The van der Waals surface area contributed by atoms with Crippen LogP contribution >= 0.6 is 22.6 Å². The van der Waals surface area contributed by atoms with Gasteiger partial charge in [0.2, 0.25) is 3.79 Å². The molecule has 12 heavy (non-hydrogen) atoms. The molecule has 0 radical (unpaired) electrons. The van der Waals surface area contributed by atoms with E-state index in [4.69, 9.17) is 5.21 Å². The number of carbonyl (C=O) groups excluding carboxylic acids is 1. The number of oxime groups is 1. The van der Waals surface area contributed by atoms with Crippen molar-refractivity contribution >= 4 is 32.1 Å². The van der Waals surface area contributed by atoms with Crippen molar-refractivity contribution in [3.05, 3.63) is 30.1 Å². The molecule has 4 nitrogen and oxygen atoms in total. The summed E-state index contributed by atoms with van der Waals surface area (Å²) in [4.78, 5) is 14.7. The number of halogens is 1. The number of aromatic nitrogens is 1. The summed E-state index contributed by atoms with van der Waals surface area (Å²) in [6.07, 6.45) is 1.53. The molecule has 0 aliphatic heterocycles. The summed E-state index contributed by atoms with van der Waals surface area (Å²) >= 11 is 1.54. The second kappa shape index (κ2) is 4.15. The molecule has 0 spiro atoms. The van der Waals surface area contributed by atoms with Crippen molar-refractivity contribution in [2.45, 2.75) is 0 Å². The first-order valence-corrected chi connectivity index (χ1v) is 4.17. The van der Waals surface area contributed by atoms with Gasteiger partial charge in [0, 0.05) is 28.8 Å². The predicted molar refractivity (Wildman–Crippen MR) is 51.6 cm³/mol. The van der Waals surface area contributed by atoms with E-state index in [1.165, 1.54) is 28.8 Å². The second-order valence-corrected chi connectivity index (χ2v) is 2.92. The quantitative estimate of drug-likeness (QED) is 0.290. The average Bonchev–Trinajstić information content (AvgIpc) is 2.07. The Morgan fingerprint density at radius 1 is 1.58 bits per heavy atom. The molecule has 1 aromatic rings. The molecule has 1 rings (SSSR count). The monoisotopic (exact) mass is 276 g/mol. The molecule has 0 amide bonds. The van der Waals surface area contributed by atoms with Crippen molar-refractivity contribution in [3.63, 3.8) is 0 Å². The molecule has 0 atom stereocenters. The Labute approximate surface area is 82.4 Å². The van der Waals surface area contributed by atoms with Gasteiger partial charge in [-0.15, -0.1) is 0 Å². The summed E-state index contributed by atoms with van der Waals surface area (Å²) in [6, 6.07) is 5.04. The molecule has 0 fully saturated rings. The first-order valence-electron chi connectivity index (χ1n) is 3.09. The van der Waals surface area contributed by atoms with E-state index in [0.29, 0.717) is 5.69 Å². The molecule has 0 bridgehead atoms. The van der Waals surface area contributed by atoms with Crippen LogP contribution in [-0.2, 0) is 4.79 Å². The molecule has 1 N–H and O–H groups in total. The zero-order chi connectivity index (χ0) is 8.97. The van der Waals surface area contributed by atoms with Crippen LogP contribution in [-0.4, -0.2) is 19.7 Å². The van der Waals surface area contributed by atoms with E-state index in [0.717, 1.165) is 0 Å². The van der Waals surface area contributed by atoms with Crippen LogP contribution in [0.1, 0.15) is 5.69 Å². The maximum atomic E-state index is 10.8. The Morgan fingerprint density at radius 2 is 2.33 bits per heavy atom. The zero-order valence-electron chi connectivity index (χ0n) is 5.94. The van der Waals surface area contributed by atoms with Gasteiger partial charge in [-0.2, -0.15) is 0 Å². The number of carbonyl (C=O) groups is 1. The molecule has 0 saturated heterocycles. The standard InChI is InChI=1S/C7H5IN2O2/c8-7(11)6(10-12)5-3-1-2-4-9-5/h1-4,12H/b10-6+. The van der Waals surface area contributed by atoms with Crippen molar-refractivity contribution in [2.75, 3.05) is 0 Å². The second-order valence-electron chi connectivity index (χ2n) is 1.94. The zero-order valence-corrected chi connectivity index (χ0v) is 8.09. The highest BCUT2D eigenvalue weighted by molar-refractivity contribution is 14.1. The number of rotatable bonds is 2. The summed E-state index contributed by atoms with van der Waals surface area (Å²) in [5.41, 5.74) is 0.343. The molecule has 0 saturated carbocycles. The van der Waals surface area contributed by atoms with Crippen LogP contribution in [0.15, 0.2) is 29.6 Å². The van der Waals surface area contributed by atoms with Gasteiger partial charge in [0.05, 0.1) is 5.69 Å². The van der Waals surface area contributed by atoms with Gasteiger partial charge >= 0.3 is 0 Å². The molecule has 62 valence electrons. The van der Waals surface area contributed by atoms with Crippen molar-refractivity contribution < 1.29 is 10.0 Å². The van der Waals surface area contributed by atoms with Crippen molar-refractivity contribution in [3.8, 4) is 0 Å². The van der Waals surface area contributed by atoms with Gasteiger partial charge in [0.15, 0.2) is 5.71 Å². The fourth-order valence-corrected chi connectivity index (χ4v) is 1.08. The van der Waals surface area contributed by atoms with Crippen LogP contribution in [0.25, 0.3) is 0 Å². The van der Waals surface area contributed by atoms with Gasteiger partial charge in [-0.05, 0) is 12.1 Å². The minimum Gasteiger partial charge on any atom is -0.410 e. The van der Waals surface area contributed by atoms with Gasteiger partial charge in [-0.25, -0.2) is 0 Å². The van der Waals surface area contributed by atoms with E-state index in [1.54, 1.807) is 18.2 Å². The Kier molecular flexibility index (Phi) is 3.15. The lowest BCUT2D eigenvalue weighted by atomic mass is 10.2. The number of hydrogen-bond donors (Lipinski definition) is 1. The van der Waals surface area contributed by atoms with Crippen LogP contribution in [0, 0.1) is 0 Å². The van der Waals surface area contributed by atoms with E-state index < -0.39 is 0 Å². The highest BCUT2D eigenvalue weighted by Crippen LogP contribution is 2.01. The summed E-state index contributed by atoms with van der Waals surface area (Å²) in [6.45, 7) is 0. The smallest absolute Gasteiger partial charge is 0.246 e. The maximum absolute atomic E-state index is 10.8. The van der Waals surface area contributed by atoms with Crippen molar-refractivity contribution in [1.29, 1.82) is 0 Å². The normalized spacial score (nSPS) is 11.2. The summed E-state index contributed by atoms with van der Waals surface area (Å²) in [5, 5.41) is 11.3. The third-order valence-electron chi connectivity index (χ3n) is 1.19. The highest BCUT2D eigenvalue weighted by Gasteiger charge is 2.11. The summed E-state index contributed by atoms with van der Waals surface area (Å²) in [5.74, 6) is 0. The van der Waals surface area contributed by atoms with Crippen LogP contribution in [0.5, 0.6) is 0 Å². The third-order valence-corrected chi connectivity index (χ3v) is 1.70. The van der Waals surface area contributed by atoms with E-state index in [1.807, 2.05) is 0 Å². The molecular formula is C7H5IN2O2. The molecule has 0 aliphatic rings. The minimum atomic E-state index is -0.339. The number of hydrogen-bond acceptors (Lipinski definition) is 4. The molecule has 0 unspecified atom stereocenters. The first-order chi connectivity index (χ1) is 5.75. The van der Waals surface area contributed by atoms with Gasteiger partial charge in [0.1, 0.15) is 0 Å². The molecular weight excluding hydrogens is 271 g/mol. The topological polar surface area (TPSA) is 62.5 Å². The minimum absolute atomic E-state index is 0.0313. The SMILES string of the molecule is O=C(I)/C(=N/O)c1ccccn1. The van der Waals surface area contributed by atoms with Crippen molar-refractivity contribution in [1.82, 2.24) is 4.98 Å². The van der Waals surface area contributed by atoms with E-state index in [2.05, 4.69) is 10.1 Å². The summed E-state index contributed by atoms with van der Waals surface area (Å²) < 4.78 is -0.339. The number of nitrogens with zero attached hydrogens (tertiary/aromatic N) is 2. The van der Waals surface area contributed by atoms with Gasteiger partial charge < -0.3 is 5.21 Å². The predicted octanol–water partition coefficient (Wildman–Crippen LogP) is 1.22. The average molecular weight is 276 g/mol. The van der Waals surface area contributed by atoms with Crippen LogP contribution in [0.4, 0.5) is 0 Å². The Balaban J connectivity index is 3.05. The Bertz CT molecular complexity index is 310. The first kappa shape index (κ1) is 9.11. The van der Waals surface area contributed by atoms with Gasteiger partial charge in [-0.3, -0.25) is 9.78 Å². The lowest BCUT2D eigenvalue weighted by Gasteiger charge is -1.95. The third kappa shape index (κ3) is 2.00. The van der Waals surface area contributed by atoms with E-state index >= 15 is 0 Å². The lowest BCUT2D eigenvalue weighted by Crippen LogP contribution is -2.10. The fourth-order valence-electron chi connectivity index (χ4n) is 0.694. The molecule has 0 aromatic carbocycles. The van der Waals surface area contributed by atoms with E-state index in [9.17, 15) is 4.79 Å². The molecule has 1 aromatic heterocycles. The maximum Gasteiger partial charge on any atom is 0.246 e. The van der Waals surface area contributed by atoms with Crippen molar-refractivity contribution in [2.24, 2.45) is 5.16 Å². The molecule has 1 heterocycles. The van der Waals surface area contributed by atoms with Gasteiger partial charge in [-0.1, -0.05) is 11.2 Å². The number of pyridine rings is 1. The molecule has 5 heteroatoms. The molecule has 0 aliphatic carbocycles. The summed E-state index contributed by atoms with van der Waals surface area (Å²) in [7, 11) is 0. The van der Waals surface area contributed by atoms with Gasteiger partial charge in [0.25, 0.3) is 0 Å². The fraction of sp³-hybridized carbons (Fsp3) is 0. The van der Waals surface area contributed by atoms with Crippen LogP contribution in [0.2, 0.25) is 0 Å². The lowest BCUT2D eigenvalue weighted by molar-refractivity contribution is -0.104. The largest absolute Gasteiger partial charge is 0.410 e. The Morgan fingerprint density at radius 3 is 2.75 bits per heavy atom.